The van der Waals surface area contributed by atoms with Crippen molar-refractivity contribution in [2.45, 2.75) is 18.5 Å². The van der Waals surface area contributed by atoms with E-state index in [0.29, 0.717) is 0 Å². The number of thioether (sulfide) groups is 1. The molecule has 2 unspecified atom stereocenters. The van der Waals surface area contributed by atoms with Crippen molar-refractivity contribution in [3.63, 3.8) is 0 Å². The van der Waals surface area contributed by atoms with E-state index in [2.05, 4.69) is 53.8 Å². The summed E-state index contributed by atoms with van der Waals surface area (Å²) in [6.07, 6.45) is 0. The highest BCUT2D eigenvalue weighted by molar-refractivity contribution is 7.99. The molecule has 0 spiro atoms. The van der Waals surface area contributed by atoms with Crippen LogP contribution in [0.4, 0.5) is 0 Å². The zero-order valence-electron chi connectivity index (χ0n) is 13.4. The van der Waals surface area contributed by atoms with Crippen molar-refractivity contribution < 1.29 is 4.79 Å². The Kier molecular flexibility index (Phi) is 5.49. The lowest BCUT2D eigenvalue weighted by Gasteiger charge is -2.36. The minimum Gasteiger partial charge on any atom is -0.336 e. The van der Waals surface area contributed by atoms with Gasteiger partial charge in [-0.3, -0.25) is 10.1 Å². The molecular weight excluding hydrogens is 340 g/mol. The molecule has 2 aliphatic heterocycles. The highest BCUT2D eigenvalue weighted by atomic mass is 35.5. The minimum atomic E-state index is -0.0262. The number of fused-ring (bicyclic) bond motifs is 1. The lowest BCUT2D eigenvalue weighted by Crippen LogP contribution is -2.47. The molecule has 0 bridgehead atoms. The molecule has 5 heteroatoms. The Labute approximate surface area is 153 Å². The molecule has 1 fully saturated rings. The first kappa shape index (κ1) is 17.3. The summed E-state index contributed by atoms with van der Waals surface area (Å²) in [7, 11) is 0. The van der Waals surface area contributed by atoms with Crippen LogP contribution >= 0.6 is 24.2 Å². The first-order valence-electron chi connectivity index (χ1n) is 8.05. The van der Waals surface area contributed by atoms with E-state index >= 15 is 0 Å². The fraction of sp³-hybridized carbons (Fsp3) is 0.316. The van der Waals surface area contributed by atoms with E-state index in [4.69, 9.17) is 0 Å². The largest absolute Gasteiger partial charge is 0.336 e. The van der Waals surface area contributed by atoms with Gasteiger partial charge in [-0.05, 0) is 16.7 Å². The summed E-state index contributed by atoms with van der Waals surface area (Å²) in [5, 5.41) is 3.30. The summed E-state index contributed by atoms with van der Waals surface area (Å²) in [5.74, 6) is 2.26. The van der Waals surface area contributed by atoms with Gasteiger partial charge in [0.15, 0.2) is 0 Å². The number of halogens is 1. The average molecular weight is 361 g/mol. The Bertz CT molecular complexity index is 704. The molecule has 1 N–H and O–H groups in total. The van der Waals surface area contributed by atoms with Gasteiger partial charge in [0.2, 0.25) is 5.91 Å². The maximum atomic E-state index is 12.8. The number of hydrogen-bond acceptors (Lipinski definition) is 3. The van der Waals surface area contributed by atoms with Crippen LogP contribution in [0.1, 0.15) is 22.6 Å². The van der Waals surface area contributed by atoms with E-state index in [0.717, 1.165) is 24.7 Å². The predicted octanol–water partition coefficient (Wildman–Crippen LogP) is 3.25. The Hall–Kier alpha value is -1.49. The summed E-state index contributed by atoms with van der Waals surface area (Å²) in [6.45, 7) is 1.49. The van der Waals surface area contributed by atoms with Gasteiger partial charge < -0.3 is 4.90 Å². The Balaban J connectivity index is 0.00000169. The minimum absolute atomic E-state index is 0. The zero-order chi connectivity index (χ0) is 15.6. The first-order valence-corrected chi connectivity index (χ1v) is 9.21. The number of hydrogen-bond donors (Lipinski definition) is 1. The molecular formula is C19H21ClN2OS. The fourth-order valence-electron chi connectivity index (χ4n) is 3.52. The highest BCUT2D eigenvalue weighted by Crippen LogP contribution is 2.33. The van der Waals surface area contributed by atoms with E-state index in [1.807, 2.05) is 11.0 Å². The quantitative estimate of drug-likeness (QED) is 0.892. The van der Waals surface area contributed by atoms with Crippen molar-refractivity contribution in [1.29, 1.82) is 0 Å². The molecule has 2 aliphatic rings. The smallest absolute Gasteiger partial charge is 0.240 e. The third-order valence-corrected chi connectivity index (χ3v) is 5.66. The average Bonchev–Trinajstić information content (AvgIpc) is 3.15. The standard InChI is InChI=1S/C19H20N2OS.ClH/c22-19(18-12-23-13-20-18)21-10-15-8-4-5-9-16(15)17(11-21)14-6-2-1-3-7-14;/h1-9,17-18,20H,10-13H2;1H. The molecule has 126 valence electrons. The van der Waals surface area contributed by atoms with Crippen LogP contribution in [0.15, 0.2) is 54.6 Å². The molecule has 1 saturated heterocycles. The highest BCUT2D eigenvalue weighted by Gasteiger charge is 2.33. The van der Waals surface area contributed by atoms with Gasteiger partial charge in [0.05, 0.1) is 6.04 Å². The van der Waals surface area contributed by atoms with Crippen molar-refractivity contribution in [3.8, 4) is 0 Å². The van der Waals surface area contributed by atoms with Crippen molar-refractivity contribution in [1.82, 2.24) is 10.2 Å². The van der Waals surface area contributed by atoms with Crippen molar-refractivity contribution in [3.05, 3.63) is 71.3 Å². The third-order valence-electron chi connectivity index (χ3n) is 4.72. The Morgan fingerprint density at radius 2 is 1.83 bits per heavy atom. The maximum Gasteiger partial charge on any atom is 0.240 e. The SMILES string of the molecule is Cl.O=C(C1CSCN1)N1Cc2ccccc2C(c2ccccc2)C1. The van der Waals surface area contributed by atoms with Crippen LogP contribution in [-0.2, 0) is 11.3 Å². The van der Waals surface area contributed by atoms with E-state index < -0.39 is 0 Å². The van der Waals surface area contributed by atoms with Crippen LogP contribution in [-0.4, -0.2) is 35.0 Å². The second kappa shape index (κ2) is 7.60. The summed E-state index contributed by atoms with van der Waals surface area (Å²) in [5.41, 5.74) is 3.91. The summed E-state index contributed by atoms with van der Waals surface area (Å²) < 4.78 is 0. The third kappa shape index (κ3) is 3.32. The summed E-state index contributed by atoms with van der Waals surface area (Å²) in [4.78, 5) is 14.9. The Morgan fingerprint density at radius 1 is 1.08 bits per heavy atom. The van der Waals surface area contributed by atoms with Crippen LogP contribution in [0, 0.1) is 0 Å². The van der Waals surface area contributed by atoms with Gasteiger partial charge in [0.1, 0.15) is 0 Å². The van der Waals surface area contributed by atoms with Gasteiger partial charge in [-0.25, -0.2) is 0 Å². The Morgan fingerprint density at radius 3 is 2.58 bits per heavy atom. The topological polar surface area (TPSA) is 32.3 Å². The molecule has 2 aromatic rings. The van der Waals surface area contributed by atoms with Gasteiger partial charge in [0.25, 0.3) is 0 Å². The van der Waals surface area contributed by atoms with Gasteiger partial charge in [-0.2, -0.15) is 0 Å². The number of amides is 1. The predicted molar refractivity (Wildman–Crippen MR) is 102 cm³/mol. The normalized spacial score (nSPS) is 22.6. The van der Waals surface area contributed by atoms with Gasteiger partial charge >= 0.3 is 0 Å². The number of rotatable bonds is 2. The molecule has 0 radical (unpaired) electrons. The van der Waals surface area contributed by atoms with Crippen LogP contribution in [0.25, 0.3) is 0 Å². The van der Waals surface area contributed by atoms with Crippen LogP contribution < -0.4 is 5.32 Å². The number of nitrogens with one attached hydrogen (secondary N) is 1. The number of benzene rings is 2. The van der Waals surface area contributed by atoms with E-state index in [9.17, 15) is 4.79 Å². The molecule has 1 amide bonds. The molecule has 0 aliphatic carbocycles. The molecule has 2 heterocycles. The molecule has 2 aromatic carbocycles. The van der Waals surface area contributed by atoms with Crippen molar-refractivity contribution in [2.75, 3.05) is 18.2 Å². The van der Waals surface area contributed by atoms with E-state index in [1.54, 1.807) is 11.8 Å². The van der Waals surface area contributed by atoms with E-state index in [1.165, 1.54) is 16.7 Å². The second-order valence-electron chi connectivity index (χ2n) is 6.15. The van der Waals surface area contributed by atoms with Gasteiger partial charge in [-0.15, -0.1) is 24.2 Å². The molecule has 4 rings (SSSR count). The number of nitrogens with zero attached hydrogens (tertiary/aromatic N) is 1. The van der Waals surface area contributed by atoms with Crippen LogP contribution in [0.3, 0.4) is 0 Å². The first-order chi connectivity index (χ1) is 11.3. The summed E-state index contributed by atoms with van der Waals surface area (Å²) >= 11 is 1.80. The van der Waals surface area contributed by atoms with Crippen LogP contribution in [0.2, 0.25) is 0 Å². The molecule has 24 heavy (non-hydrogen) atoms. The van der Waals surface area contributed by atoms with Crippen molar-refractivity contribution >= 4 is 30.1 Å². The summed E-state index contributed by atoms with van der Waals surface area (Å²) in [6, 6.07) is 19.0. The van der Waals surface area contributed by atoms with Gasteiger partial charge in [0, 0.05) is 30.6 Å². The number of carbonyl (C=O) groups is 1. The zero-order valence-corrected chi connectivity index (χ0v) is 15.0. The number of carbonyl (C=O) groups excluding carboxylic acids is 1. The lowest BCUT2D eigenvalue weighted by molar-refractivity contribution is -0.133. The van der Waals surface area contributed by atoms with Crippen LogP contribution in [0.5, 0.6) is 0 Å². The molecule has 2 atom stereocenters. The molecule has 0 saturated carbocycles. The molecule has 3 nitrogen and oxygen atoms in total. The second-order valence-corrected chi connectivity index (χ2v) is 7.18. The van der Waals surface area contributed by atoms with Gasteiger partial charge in [-0.1, -0.05) is 54.6 Å². The maximum absolute atomic E-state index is 12.8. The molecule has 0 aromatic heterocycles. The fourth-order valence-corrected chi connectivity index (χ4v) is 4.45. The van der Waals surface area contributed by atoms with Crippen molar-refractivity contribution in [2.24, 2.45) is 0 Å². The monoisotopic (exact) mass is 360 g/mol. The van der Waals surface area contributed by atoms with E-state index in [-0.39, 0.29) is 30.3 Å². The lowest BCUT2D eigenvalue weighted by atomic mass is 9.84.